The van der Waals surface area contributed by atoms with Gasteiger partial charge >= 0.3 is 6.03 Å². The molecule has 2 rings (SSSR count). The topological polar surface area (TPSA) is 35.6 Å². The van der Waals surface area contributed by atoms with Gasteiger partial charge in [0.2, 0.25) is 0 Å². The van der Waals surface area contributed by atoms with E-state index >= 15 is 0 Å². The Bertz CT molecular complexity index is 502. The quantitative estimate of drug-likeness (QED) is 0.919. The summed E-state index contributed by atoms with van der Waals surface area (Å²) in [4.78, 5) is 16.1. The minimum absolute atomic E-state index is 0.0261. The first-order chi connectivity index (χ1) is 10.0. The Morgan fingerprint density at radius 3 is 2.48 bits per heavy atom. The van der Waals surface area contributed by atoms with Gasteiger partial charge in [0.25, 0.3) is 0 Å². The number of hydrogen-bond acceptors (Lipinski definition) is 2. The number of halogens is 2. The van der Waals surface area contributed by atoms with E-state index in [1.165, 1.54) is 0 Å². The average molecular weight is 330 g/mol. The van der Waals surface area contributed by atoms with Gasteiger partial charge in [-0.05, 0) is 31.5 Å². The van der Waals surface area contributed by atoms with E-state index in [9.17, 15) is 4.79 Å². The lowest BCUT2D eigenvalue weighted by atomic mass is 10.2. The Kier molecular flexibility index (Phi) is 5.59. The van der Waals surface area contributed by atoms with Crippen molar-refractivity contribution in [2.45, 2.75) is 26.3 Å². The highest BCUT2D eigenvalue weighted by Gasteiger charge is 2.22. The van der Waals surface area contributed by atoms with E-state index < -0.39 is 0 Å². The van der Waals surface area contributed by atoms with Crippen LogP contribution in [0.15, 0.2) is 18.2 Å². The molecule has 0 aliphatic carbocycles. The van der Waals surface area contributed by atoms with Gasteiger partial charge < -0.3 is 15.1 Å². The minimum Gasteiger partial charge on any atom is -0.368 e. The normalized spacial score (nSPS) is 16.8. The number of carbonyl (C=O) groups excluding carboxylic acids is 1. The van der Waals surface area contributed by atoms with Crippen LogP contribution >= 0.6 is 23.2 Å². The molecule has 1 aromatic rings. The molecule has 1 aliphatic heterocycles. The summed E-state index contributed by atoms with van der Waals surface area (Å²) < 4.78 is 0. The maximum absolute atomic E-state index is 12.1. The maximum atomic E-state index is 12.1. The summed E-state index contributed by atoms with van der Waals surface area (Å²) in [6.45, 7) is 7.10. The van der Waals surface area contributed by atoms with Crippen molar-refractivity contribution in [3.05, 3.63) is 28.2 Å². The standard InChI is InChI=1S/C15H21Cl2N3O/c1-3-11(2)18-15(21)20-8-6-19(7-9-20)12-4-5-13(16)14(17)10-12/h4-5,10-11H,3,6-9H2,1-2H3,(H,18,21). The van der Waals surface area contributed by atoms with Crippen LogP contribution in [0.2, 0.25) is 10.0 Å². The van der Waals surface area contributed by atoms with Crippen molar-refractivity contribution >= 4 is 34.9 Å². The van der Waals surface area contributed by atoms with Gasteiger partial charge in [-0.2, -0.15) is 0 Å². The molecule has 1 atom stereocenters. The van der Waals surface area contributed by atoms with E-state index in [4.69, 9.17) is 23.2 Å². The predicted molar refractivity (Wildman–Crippen MR) is 88.5 cm³/mol. The molecule has 1 saturated heterocycles. The number of piperazine rings is 1. The number of rotatable bonds is 3. The molecule has 4 nitrogen and oxygen atoms in total. The highest BCUT2D eigenvalue weighted by Crippen LogP contribution is 2.27. The molecule has 0 aromatic heterocycles. The van der Waals surface area contributed by atoms with Gasteiger partial charge in [0.05, 0.1) is 10.0 Å². The van der Waals surface area contributed by atoms with Gasteiger partial charge in [-0.25, -0.2) is 4.79 Å². The zero-order valence-corrected chi connectivity index (χ0v) is 13.9. The molecule has 0 bridgehead atoms. The van der Waals surface area contributed by atoms with E-state index in [-0.39, 0.29) is 12.1 Å². The molecule has 1 aliphatic rings. The summed E-state index contributed by atoms with van der Waals surface area (Å²) in [7, 11) is 0. The number of carbonyl (C=O) groups is 1. The van der Waals surface area contributed by atoms with Crippen LogP contribution in [0.3, 0.4) is 0 Å². The first-order valence-corrected chi connectivity index (χ1v) is 8.02. The highest BCUT2D eigenvalue weighted by molar-refractivity contribution is 6.42. The first kappa shape index (κ1) is 16.2. The van der Waals surface area contributed by atoms with Gasteiger partial charge in [0.1, 0.15) is 0 Å². The number of urea groups is 1. The second-order valence-corrected chi connectivity index (χ2v) is 6.15. The van der Waals surface area contributed by atoms with E-state index in [2.05, 4.69) is 17.1 Å². The van der Waals surface area contributed by atoms with Crippen molar-refractivity contribution in [2.75, 3.05) is 31.1 Å². The highest BCUT2D eigenvalue weighted by atomic mass is 35.5. The molecular weight excluding hydrogens is 309 g/mol. The van der Waals surface area contributed by atoms with Gasteiger partial charge in [-0.15, -0.1) is 0 Å². The predicted octanol–water partition coefficient (Wildman–Crippen LogP) is 3.62. The molecule has 1 aromatic carbocycles. The Labute approximate surface area is 136 Å². The second-order valence-electron chi connectivity index (χ2n) is 5.33. The number of hydrogen-bond donors (Lipinski definition) is 1. The van der Waals surface area contributed by atoms with Crippen LogP contribution in [0.4, 0.5) is 10.5 Å². The van der Waals surface area contributed by atoms with Crippen molar-refractivity contribution in [3.8, 4) is 0 Å². The molecule has 6 heteroatoms. The summed E-state index contributed by atoms with van der Waals surface area (Å²) in [5, 5.41) is 4.12. The molecule has 1 N–H and O–H groups in total. The summed E-state index contributed by atoms with van der Waals surface area (Å²) in [5.74, 6) is 0. The van der Waals surface area contributed by atoms with Gasteiger partial charge in [-0.1, -0.05) is 30.1 Å². The summed E-state index contributed by atoms with van der Waals surface area (Å²) in [5.41, 5.74) is 1.05. The van der Waals surface area contributed by atoms with E-state index in [0.717, 1.165) is 25.2 Å². The summed E-state index contributed by atoms with van der Waals surface area (Å²) >= 11 is 12.0. The molecule has 1 heterocycles. The largest absolute Gasteiger partial charge is 0.368 e. The fraction of sp³-hybridized carbons (Fsp3) is 0.533. The van der Waals surface area contributed by atoms with Crippen LogP contribution in [-0.4, -0.2) is 43.2 Å². The molecule has 0 spiro atoms. The number of anilines is 1. The fourth-order valence-electron chi connectivity index (χ4n) is 2.25. The molecule has 116 valence electrons. The number of amides is 2. The van der Waals surface area contributed by atoms with Crippen LogP contribution in [0.25, 0.3) is 0 Å². The SMILES string of the molecule is CCC(C)NC(=O)N1CCN(c2ccc(Cl)c(Cl)c2)CC1. The molecule has 1 unspecified atom stereocenters. The zero-order valence-electron chi connectivity index (χ0n) is 12.4. The van der Waals surface area contributed by atoms with Gasteiger partial charge in [0, 0.05) is 37.9 Å². The lowest BCUT2D eigenvalue weighted by Gasteiger charge is -2.36. The summed E-state index contributed by atoms with van der Waals surface area (Å²) in [6.07, 6.45) is 0.939. The summed E-state index contributed by atoms with van der Waals surface area (Å²) in [6, 6.07) is 5.88. The Morgan fingerprint density at radius 2 is 1.90 bits per heavy atom. The molecule has 0 radical (unpaired) electrons. The van der Waals surface area contributed by atoms with Crippen molar-refractivity contribution in [1.29, 1.82) is 0 Å². The van der Waals surface area contributed by atoms with Crippen LogP contribution in [0.5, 0.6) is 0 Å². The van der Waals surface area contributed by atoms with Crippen LogP contribution < -0.4 is 10.2 Å². The second kappa shape index (κ2) is 7.23. The number of nitrogens with one attached hydrogen (secondary N) is 1. The van der Waals surface area contributed by atoms with Crippen LogP contribution in [0, 0.1) is 0 Å². The van der Waals surface area contributed by atoms with E-state index in [1.54, 1.807) is 6.07 Å². The van der Waals surface area contributed by atoms with Crippen LogP contribution in [0.1, 0.15) is 20.3 Å². The average Bonchev–Trinajstić information content (AvgIpc) is 2.50. The monoisotopic (exact) mass is 329 g/mol. The number of nitrogens with zero attached hydrogens (tertiary/aromatic N) is 2. The maximum Gasteiger partial charge on any atom is 0.317 e. The molecule has 0 saturated carbocycles. The smallest absolute Gasteiger partial charge is 0.317 e. The van der Waals surface area contributed by atoms with Crippen LogP contribution in [-0.2, 0) is 0 Å². The van der Waals surface area contributed by atoms with E-state index in [0.29, 0.717) is 23.1 Å². The zero-order chi connectivity index (χ0) is 15.4. The van der Waals surface area contributed by atoms with Crippen molar-refractivity contribution in [2.24, 2.45) is 0 Å². The Morgan fingerprint density at radius 1 is 1.24 bits per heavy atom. The van der Waals surface area contributed by atoms with Gasteiger partial charge in [0.15, 0.2) is 0 Å². The number of benzene rings is 1. The van der Waals surface area contributed by atoms with Crippen molar-refractivity contribution in [3.63, 3.8) is 0 Å². The van der Waals surface area contributed by atoms with E-state index in [1.807, 2.05) is 24.0 Å². The van der Waals surface area contributed by atoms with Gasteiger partial charge in [-0.3, -0.25) is 0 Å². The lowest BCUT2D eigenvalue weighted by Crippen LogP contribution is -2.53. The molecular formula is C15H21Cl2N3O. The molecule has 21 heavy (non-hydrogen) atoms. The minimum atomic E-state index is 0.0261. The fourth-order valence-corrected chi connectivity index (χ4v) is 2.55. The van der Waals surface area contributed by atoms with Crippen molar-refractivity contribution in [1.82, 2.24) is 10.2 Å². The first-order valence-electron chi connectivity index (χ1n) is 7.26. The third-order valence-electron chi connectivity index (χ3n) is 3.82. The molecule has 2 amide bonds. The molecule has 1 fully saturated rings. The third kappa shape index (κ3) is 4.17. The Hall–Kier alpha value is -1.13. The lowest BCUT2D eigenvalue weighted by molar-refractivity contribution is 0.191. The third-order valence-corrected chi connectivity index (χ3v) is 4.56. The van der Waals surface area contributed by atoms with Crippen molar-refractivity contribution < 1.29 is 4.79 Å². The Balaban J connectivity index is 1.90.